The zero-order valence-electron chi connectivity index (χ0n) is 14.6. The number of ether oxygens (including phenoxy) is 3. The van der Waals surface area contributed by atoms with Crippen molar-refractivity contribution in [1.82, 2.24) is 5.32 Å². The number of esters is 1. The van der Waals surface area contributed by atoms with Crippen LogP contribution < -0.4 is 14.8 Å². The van der Waals surface area contributed by atoms with E-state index in [9.17, 15) is 9.59 Å². The molecular formula is C19H25NO5. The van der Waals surface area contributed by atoms with E-state index in [1.165, 1.54) is 6.42 Å². The van der Waals surface area contributed by atoms with Crippen molar-refractivity contribution >= 4 is 11.9 Å². The summed E-state index contributed by atoms with van der Waals surface area (Å²) in [7, 11) is 0. The van der Waals surface area contributed by atoms with E-state index in [1.54, 1.807) is 0 Å². The van der Waals surface area contributed by atoms with Crippen LogP contribution in [0.25, 0.3) is 0 Å². The molecule has 1 aromatic carbocycles. The summed E-state index contributed by atoms with van der Waals surface area (Å²) in [5, 5.41) is 2.85. The highest BCUT2D eigenvalue weighted by molar-refractivity contribution is 5.81. The van der Waals surface area contributed by atoms with Gasteiger partial charge in [-0.15, -0.1) is 0 Å². The number of nitrogens with one attached hydrogen (secondary N) is 1. The second-order valence-electron chi connectivity index (χ2n) is 6.63. The molecule has 0 spiro atoms. The SMILES string of the molecule is C[C@@H](NC(=O)COC(=O)C1CCCCC1)c1ccc2c(c1)OCCO2. The lowest BCUT2D eigenvalue weighted by molar-refractivity contribution is -0.153. The van der Waals surface area contributed by atoms with Crippen LogP contribution in [0.15, 0.2) is 18.2 Å². The van der Waals surface area contributed by atoms with Crippen molar-refractivity contribution in [2.75, 3.05) is 19.8 Å². The standard InChI is InChI=1S/C19H25NO5/c1-13(15-7-8-16-17(11-15)24-10-9-23-16)20-18(21)12-25-19(22)14-5-3-2-4-6-14/h7-8,11,13-14H,2-6,9-10,12H2,1H3,(H,20,21)/t13-/m1/s1. The van der Waals surface area contributed by atoms with Crippen molar-refractivity contribution in [2.24, 2.45) is 5.92 Å². The largest absolute Gasteiger partial charge is 0.486 e. The van der Waals surface area contributed by atoms with E-state index in [-0.39, 0.29) is 30.4 Å². The number of fused-ring (bicyclic) bond motifs is 1. The van der Waals surface area contributed by atoms with Gasteiger partial charge in [-0.25, -0.2) is 0 Å². The molecule has 136 valence electrons. The van der Waals surface area contributed by atoms with E-state index in [0.717, 1.165) is 37.0 Å². The molecule has 0 saturated heterocycles. The van der Waals surface area contributed by atoms with Gasteiger partial charge in [0.05, 0.1) is 12.0 Å². The first-order valence-corrected chi connectivity index (χ1v) is 8.99. The zero-order valence-corrected chi connectivity index (χ0v) is 14.6. The third-order valence-electron chi connectivity index (χ3n) is 4.73. The van der Waals surface area contributed by atoms with Gasteiger partial charge in [-0.3, -0.25) is 9.59 Å². The van der Waals surface area contributed by atoms with Crippen LogP contribution in [0.5, 0.6) is 11.5 Å². The fourth-order valence-electron chi connectivity index (χ4n) is 3.29. The number of carbonyl (C=O) groups excluding carboxylic acids is 2. The zero-order chi connectivity index (χ0) is 17.6. The first kappa shape index (κ1) is 17.6. The summed E-state index contributed by atoms with van der Waals surface area (Å²) in [4.78, 5) is 24.0. The molecule has 1 aliphatic heterocycles. The maximum absolute atomic E-state index is 12.1. The van der Waals surface area contributed by atoms with Gasteiger partial charge in [-0.1, -0.05) is 25.3 Å². The van der Waals surface area contributed by atoms with Gasteiger partial charge in [0, 0.05) is 0 Å². The van der Waals surface area contributed by atoms with Crippen LogP contribution in [-0.2, 0) is 14.3 Å². The lowest BCUT2D eigenvalue weighted by Crippen LogP contribution is -2.32. The van der Waals surface area contributed by atoms with Gasteiger partial charge in [0.2, 0.25) is 0 Å². The lowest BCUT2D eigenvalue weighted by Gasteiger charge is -2.21. The van der Waals surface area contributed by atoms with Crippen molar-refractivity contribution in [3.63, 3.8) is 0 Å². The minimum Gasteiger partial charge on any atom is -0.486 e. The molecule has 2 aliphatic rings. The average molecular weight is 347 g/mol. The summed E-state index contributed by atoms with van der Waals surface area (Å²) in [6.07, 6.45) is 5.04. The summed E-state index contributed by atoms with van der Waals surface area (Å²) < 4.78 is 16.2. The predicted octanol–water partition coefficient (Wildman–Crippen LogP) is 2.76. The molecule has 6 heteroatoms. The maximum Gasteiger partial charge on any atom is 0.309 e. The third kappa shape index (κ3) is 4.65. The number of amides is 1. The fourth-order valence-corrected chi connectivity index (χ4v) is 3.29. The normalized spacial score (nSPS) is 18.3. The maximum atomic E-state index is 12.1. The van der Waals surface area contributed by atoms with Crippen LogP contribution in [0.1, 0.15) is 50.6 Å². The predicted molar refractivity (Wildman–Crippen MR) is 91.5 cm³/mol. The van der Waals surface area contributed by atoms with E-state index in [4.69, 9.17) is 14.2 Å². The Morgan fingerprint density at radius 3 is 2.64 bits per heavy atom. The Morgan fingerprint density at radius 2 is 1.88 bits per heavy atom. The van der Waals surface area contributed by atoms with Gasteiger partial charge in [0.1, 0.15) is 13.2 Å². The second-order valence-corrected chi connectivity index (χ2v) is 6.63. The molecule has 1 heterocycles. The van der Waals surface area contributed by atoms with Crippen LogP contribution in [0.2, 0.25) is 0 Å². The van der Waals surface area contributed by atoms with Crippen LogP contribution in [0, 0.1) is 5.92 Å². The van der Waals surface area contributed by atoms with Crippen molar-refractivity contribution in [3.8, 4) is 11.5 Å². The Kier molecular flexibility index (Phi) is 5.79. The fraction of sp³-hybridized carbons (Fsp3) is 0.579. The molecule has 0 unspecified atom stereocenters. The first-order chi connectivity index (χ1) is 12.1. The highest BCUT2D eigenvalue weighted by atomic mass is 16.6. The summed E-state index contributed by atoms with van der Waals surface area (Å²) in [5.41, 5.74) is 0.913. The van der Waals surface area contributed by atoms with Gasteiger partial charge in [-0.05, 0) is 37.5 Å². The van der Waals surface area contributed by atoms with Gasteiger partial charge in [0.15, 0.2) is 18.1 Å². The van der Waals surface area contributed by atoms with Gasteiger partial charge in [0.25, 0.3) is 5.91 Å². The Balaban J connectivity index is 1.48. The molecule has 0 aromatic heterocycles. The molecule has 3 rings (SSSR count). The minimum atomic E-state index is -0.299. The van der Waals surface area contributed by atoms with E-state index >= 15 is 0 Å². The van der Waals surface area contributed by atoms with E-state index in [0.29, 0.717) is 19.0 Å². The van der Waals surface area contributed by atoms with Gasteiger partial charge >= 0.3 is 5.97 Å². The average Bonchev–Trinajstić information content (AvgIpc) is 2.66. The number of benzene rings is 1. The molecule has 1 fully saturated rings. The van der Waals surface area contributed by atoms with Crippen LogP contribution in [0.3, 0.4) is 0 Å². The minimum absolute atomic E-state index is 0.0447. The number of hydrogen-bond acceptors (Lipinski definition) is 5. The van der Waals surface area contributed by atoms with Gasteiger partial charge < -0.3 is 19.5 Å². The highest BCUT2D eigenvalue weighted by Gasteiger charge is 2.23. The quantitative estimate of drug-likeness (QED) is 0.829. The Labute approximate surface area is 147 Å². The molecule has 1 aromatic rings. The van der Waals surface area contributed by atoms with Crippen molar-refractivity contribution in [3.05, 3.63) is 23.8 Å². The van der Waals surface area contributed by atoms with E-state index < -0.39 is 0 Å². The molecule has 1 aliphatic carbocycles. The monoisotopic (exact) mass is 347 g/mol. The molecule has 1 N–H and O–H groups in total. The molecule has 0 radical (unpaired) electrons. The Morgan fingerprint density at radius 1 is 1.16 bits per heavy atom. The van der Waals surface area contributed by atoms with Gasteiger partial charge in [-0.2, -0.15) is 0 Å². The Bertz CT molecular complexity index is 624. The van der Waals surface area contributed by atoms with Crippen LogP contribution >= 0.6 is 0 Å². The summed E-state index contributed by atoms with van der Waals surface area (Å²) in [5.74, 6) is 0.814. The van der Waals surface area contributed by atoms with E-state index in [1.807, 2.05) is 25.1 Å². The Hall–Kier alpha value is -2.24. The summed E-state index contributed by atoms with van der Waals surface area (Å²) in [6, 6.07) is 5.40. The van der Waals surface area contributed by atoms with Crippen molar-refractivity contribution in [2.45, 2.75) is 45.1 Å². The highest BCUT2D eigenvalue weighted by Crippen LogP contribution is 2.32. The molecular weight excluding hydrogens is 322 g/mol. The molecule has 1 amide bonds. The topological polar surface area (TPSA) is 73.9 Å². The first-order valence-electron chi connectivity index (χ1n) is 8.99. The molecule has 1 atom stereocenters. The number of hydrogen-bond donors (Lipinski definition) is 1. The van der Waals surface area contributed by atoms with Crippen molar-refractivity contribution in [1.29, 1.82) is 0 Å². The molecule has 25 heavy (non-hydrogen) atoms. The second kappa shape index (κ2) is 8.23. The molecule has 0 bridgehead atoms. The third-order valence-corrected chi connectivity index (χ3v) is 4.73. The smallest absolute Gasteiger partial charge is 0.309 e. The van der Waals surface area contributed by atoms with Crippen molar-refractivity contribution < 1.29 is 23.8 Å². The summed E-state index contributed by atoms with van der Waals surface area (Å²) >= 11 is 0. The van der Waals surface area contributed by atoms with Crippen LogP contribution in [0.4, 0.5) is 0 Å². The number of carbonyl (C=O) groups is 2. The molecule has 6 nitrogen and oxygen atoms in total. The van der Waals surface area contributed by atoms with E-state index in [2.05, 4.69) is 5.32 Å². The van der Waals surface area contributed by atoms with Crippen LogP contribution in [-0.4, -0.2) is 31.7 Å². The molecule has 1 saturated carbocycles. The lowest BCUT2D eigenvalue weighted by atomic mass is 9.89. The summed E-state index contributed by atoms with van der Waals surface area (Å²) in [6.45, 7) is 2.72. The number of rotatable bonds is 5.